The Kier molecular flexibility index (Phi) is 4.88. The molecule has 21 heavy (non-hydrogen) atoms. The summed E-state index contributed by atoms with van der Waals surface area (Å²) in [5.74, 6) is 1.64. The van der Waals surface area contributed by atoms with Crippen LogP contribution in [0.4, 0.5) is 0 Å². The van der Waals surface area contributed by atoms with Crippen LogP contribution < -0.4 is 10.5 Å². The Morgan fingerprint density at radius 3 is 2.76 bits per heavy atom. The van der Waals surface area contributed by atoms with E-state index in [4.69, 9.17) is 10.5 Å². The van der Waals surface area contributed by atoms with E-state index in [2.05, 4.69) is 4.98 Å². The second-order valence-corrected chi connectivity index (χ2v) is 8.24. The summed E-state index contributed by atoms with van der Waals surface area (Å²) in [5.41, 5.74) is 9.16. The van der Waals surface area contributed by atoms with Crippen LogP contribution >= 0.6 is 0 Å². The van der Waals surface area contributed by atoms with Crippen molar-refractivity contribution in [2.75, 3.05) is 18.6 Å². The Morgan fingerprint density at radius 1 is 1.48 bits per heavy atom. The van der Waals surface area contributed by atoms with Gasteiger partial charge in [0.1, 0.15) is 5.75 Å². The van der Waals surface area contributed by atoms with Crippen molar-refractivity contribution in [3.63, 3.8) is 0 Å². The van der Waals surface area contributed by atoms with E-state index in [9.17, 15) is 8.42 Å². The zero-order chi connectivity index (χ0) is 15.6. The van der Waals surface area contributed by atoms with Crippen molar-refractivity contribution in [1.82, 2.24) is 4.98 Å². The van der Waals surface area contributed by atoms with Crippen LogP contribution in [0.15, 0.2) is 6.20 Å². The molecule has 0 radical (unpaired) electrons. The SMILES string of the molecule is COc1c(C)cnc(CC(N)CC2CCS(=O)(=O)C2)c1C. The highest BCUT2D eigenvalue weighted by atomic mass is 32.2. The molecule has 1 aromatic rings. The molecule has 5 nitrogen and oxygen atoms in total. The molecule has 2 atom stereocenters. The standard InChI is InChI=1S/C15H24N2O3S/c1-10-8-17-14(11(2)15(10)20-3)7-13(16)6-12-4-5-21(18,19)9-12/h8,12-13H,4-7,9,16H2,1-3H3. The quantitative estimate of drug-likeness (QED) is 0.888. The van der Waals surface area contributed by atoms with Gasteiger partial charge in [-0.3, -0.25) is 4.98 Å². The number of rotatable bonds is 5. The van der Waals surface area contributed by atoms with Crippen LogP contribution in [0, 0.1) is 19.8 Å². The number of nitrogens with two attached hydrogens (primary N) is 1. The number of hydrogen-bond donors (Lipinski definition) is 1. The van der Waals surface area contributed by atoms with E-state index in [-0.39, 0.29) is 17.7 Å². The van der Waals surface area contributed by atoms with Gasteiger partial charge >= 0.3 is 0 Å². The predicted octanol–water partition coefficient (Wildman–Crippen LogP) is 1.40. The van der Waals surface area contributed by atoms with E-state index in [0.29, 0.717) is 12.2 Å². The van der Waals surface area contributed by atoms with E-state index < -0.39 is 9.84 Å². The predicted molar refractivity (Wildman–Crippen MR) is 83.3 cm³/mol. The zero-order valence-electron chi connectivity index (χ0n) is 12.9. The monoisotopic (exact) mass is 312 g/mol. The van der Waals surface area contributed by atoms with E-state index in [1.807, 2.05) is 13.8 Å². The first-order valence-electron chi connectivity index (χ1n) is 7.27. The molecule has 0 aliphatic carbocycles. The molecule has 0 spiro atoms. The Balaban J connectivity index is 2.02. The first-order valence-corrected chi connectivity index (χ1v) is 9.09. The normalized spacial score (nSPS) is 22.2. The number of ether oxygens (including phenoxy) is 1. The Hall–Kier alpha value is -1.14. The molecule has 0 aromatic carbocycles. The van der Waals surface area contributed by atoms with Crippen molar-refractivity contribution in [2.24, 2.45) is 11.7 Å². The molecule has 0 amide bonds. The average molecular weight is 312 g/mol. The Labute approximate surface area is 126 Å². The lowest BCUT2D eigenvalue weighted by Crippen LogP contribution is -2.27. The minimum absolute atomic E-state index is 0.0677. The topological polar surface area (TPSA) is 82.3 Å². The van der Waals surface area contributed by atoms with Gasteiger partial charge in [-0.15, -0.1) is 0 Å². The number of aryl methyl sites for hydroxylation is 1. The van der Waals surface area contributed by atoms with Gasteiger partial charge in [0, 0.05) is 35.5 Å². The van der Waals surface area contributed by atoms with Crippen molar-refractivity contribution in [2.45, 2.75) is 39.2 Å². The largest absolute Gasteiger partial charge is 0.496 e. The lowest BCUT2D eigenvalue weighted by Gasteiger charge is -2.18. The first kappa shape index (κ1) is 16.2. The number of nitrogens with zero attached hydrogens (tertiary/aromatic N) is 1. The van der Waals surface area contributed by atoms with Crippen molar-refractivity contribution in [3.8, 4) is 5.75 Å². The highest BCUT2D eigenvalue weighted by Crippen LogP contribution is 2.27. The lowest BCUT2D eigenvalue weighted by molar-refractivity contribution is 0.405. The van der Waals surface area contributed by atoms with Crippen molar-refractivity contribution >= 4 is 9.84 Å². The second kappa shape index (κ2) is 6.32. The summed E-state index contributed by atoms with van der Waals surface area (Å²) >= 11 is 0. The second-order valence-electron chi connectivity index (χ2n) is 6.02. The van der Waals surface area contributed by atoms with Crippen molar-refractivity contribution in [1.29, 1.82) is 0 Å². The summed E-state index contributed by atoms with van der Waals surface area (Å²) in [6.07, 6.45) is 3.92. The molecule has 0 bridgehead atoms. The summed E-state index contributed by atoms with van der Waals surface area (Å²) < 4.78 is 28.4. The van der Waals surface area contributed by atoms with Crippen LogP contribution in [0.3, 0.4) is 0 Å². The fraction of sp³-hybridized carbons (Fsp3) is 0.667. The molecule has 0 saturated carbocycles. The third kappa shape index (κ3) is 3.95. The minimum Gasteiger partial charge on any atom is -0.496 e. The maximum absolute atomic E-state index is 11.5. The molecule has 2 unspecified atom stereocenters. The number of hydrogen-bond acceptors (Lipinski definition) is 5. The summed E-state index contributed by atoms with van der Waals surface area (Å²) in [6, 6.07) is -0.0677. The van der Waals surface area contributed by atoms with Crippen molar-refractivity contribution < 1.29 is 13.2 Å². The molecule has 2 N–H and O–H groups in total. The highest BCUT2D eigenvalue weighted by Gasteiger charge is 2.29. The number of sulfone groups is 1. The zero-order valence-corrected chi connectivity index (χ0v) is 13.7. The van der Waals surface area contributed by atoms with Gasteiger partial charge in [0.25, 0.3) is 0 Å². The van der Waals surface area contributed by atoms with Gasteiger partial charge < -0.3 is 10.5 Å². The minimum atomic E-state index is -2.83. The molecule has 1 fully saturated rings. The summed E-state index contributed by atoms with van der Waals surface area (Å²) in [4.78, 5) is 4.45. The van der Waals surface area contributed by atoms with E-state index in [1.54, 1.807) is 13.3 Å². The van der Waals surface area contributed by atoms with E-state index in [1.165, 1.54) is 0 Å². The van der Waals surface area contributed by atoms with Crippen LogP contribution in [0.25, 0.3) is 0 Å². The average Bonchev–Trinajstić information content (AvgIpc) is 2.73. The molecule has 1 aliphatic rings. The molecule has 2 heterocycles. The van der Waals surface area contributed by atoms with Crippen LogP contribution in [-0.2, 0) is 16.3 Å². The Bertz CT molecular complexity index is 614. The van der Waals surface area contributed by atoms with Gasteiger partial charge in [-0.1, -0.05) is 0 Å². The Morgan fingerprint density at radius 2 is 2.19 bits per heavy atom. The maximum Gasteiger partial charge on any atom is 0.150 e. The van der Waals surface area contributed by atoms with Crippen LogP contribution in [0.1, 0.15) is 29.7 Å². The molecule has 2 rings (SSSR count). The summed E-state index contributed by atoms with van der Waals surface area (Å²) in [7, 11) is -1.17. The lowest BCUT2D eigenvalue weighted by atomic mass is 9.95. The molecule has 1 aliphatic heterocycles. The maximum atomic E-state index is 11.5. The molecule has 1 saturated heterocycles. The van der Waals surface area contributed by atoms with Crippen molar-refractivity contribution in [3.05, 3.63) is 23.0 Å². The fourth-order valence-electron chi connectivity index (χ4n) is 3.09. The van der Waals surface area contributed by atoms with Gasteiger partial charge in [0.05, 0.1) is 18.6 Å². The van der Waals surface area contributed by atoms with Gasteiger partial charge in [-0.05, 0) is 32.6 Å². The fourth-order valence-corrected chi connectivity index (χ4v) is 4.97. The molecule has 1 aromatic heterocycles. The van der Waals surface area contributed by atoms with E-state index in [0.717, 1.165) is 35.4 Å². The van der Waals surface area contributed by atoms with E-state index >= 15 is 0 Å². The molecule has 6 heteroatoms. The van der Waals surface area contributed by atoms with Gasteiger partial charge in [0.2, 0.25) is 0 Å². The number of pyridine rings is 1. The van der Waals surface area contributed by atoms with Crippen LogP contribution in [0.5, 0.6) is 5.75 Å². The third-order valence-electron chi connectivity index (χ3n) is 4.17. The van der Waals surface area contributed by atoms with Gasteiger partial charge in [-0.2, -0.15) is 0 Å². The number of methoxy groups -OCH3 is 1. The van der Waals surface area contributed by atoms with Crippen LogP contribution in [0.2, 0.25) is 0 Å². The molecular formula is C15H24N2O3S. The molecular weight excluding hydrogens is 288 g/mol. The van der Waals surface area contributed by atoms with Crippen LogP contribution in [-0.4, -0.2) is 38.1 Å². The smallest absolute Gasteiger partial charge is 0.150 e. The third-order valence-corrected chi connectivity index (χ3v) is 6.01. The summed E-state index contributed by atoms with van der Waals surface area (Å²) in [5, 5.41) is 0. The van der Waals surface area contributed by atoms with Gasteiger partial charge in [0.15, 0.2) is 9.84 Å². The molecule has 118 valence electrons. The summed E-state index contributed by atoms with van der Waals surface area (Å²) in [6.45, 7) is 3.95. The first-order chi connectivity index (χ1) is 9.82. The number of aromatic nitrogens is 1. The highest BCUT2D eigenvalue weighted by molar-refractivity contribution is 7.91. The van der Waals surface area contributed by atoms with Gasteiger partial charge in [-0.25, -0.2) is 8.42 Å².